The molecule has 0 spiro atoms. The minimum atomic E-state index is -0.669. The van der Waals surface area contributed by atoms with Crippen LogP contribution in [0, 0.1) is 11.6 Å². The summed E-state index contributed by atoms with van der Waals surface area (Å²) in [5.41, 5.74) is 0.548. The number of amides is 1. The van der Waals surface area contributed by atoms with Crippen LogP contribution < -0.4 is 14.4 Å². The number of nitrogens with zero attached hydrogens (tertiary/aromatic N) is 3. The number of aromatic nitrogens is 2. The molecule has 0 N–H and O–H groups in total. The molecule has 2 heterocycles. The number of anilines is 1. The number of ether oxygens (including phenoxy) is 2. The van der Waals surface area contributed by atoms with Crippen molar-refractivity contribution >= 4 is 11.6 Å². The molecule has 1 unspecified atom stereocenters. The van der Waals surface area contributed by atoms with E-state index in [4.69, 9.17) is 14.0 Å². The van der Waals surface area contributed by atoms with Crippen LogP contribution in [0.25, 0.3) is 11.4 Å². The predicted molar refractivity (Wildman–Crippen MR) is 98.9 cm³/mol. The summed E-state index contributed by atoms with van der Waals surface area (Å²) in [5.74, 6) is -0.402. The van der Waals surface area contributed by atoms with Crippen LogP contribution in [0.1, 0.15) is 18.2 Å². The van der Waals surface area contributed by atoms with Crippen molar-refractivity contribution in [2.24, 2.45) is 0 Å². The molecule has 29 heavy (non-hydrogen) atoms. The fourth-order valence-corrected chi connectivity index (χ4v) is 3.29. The third-order valence-corrected chi connectivity index (χ3v) is 4.76. The van der Waals surface area contributed by atoms with Gasteiger partial charge in [0.05, 0.1) is 25.8 Å². The number of methoxy groups -OCH3 is 2. The molecule has 150 valence electrons. The molecule has 0 saturated carbocycles. The summed E-state index contributed by atoms with van der Waals surface area (Å²) in [7, 11) is 3.06. The van der Waals surface area contributed by atoms with Crippen LogP contribution in [0.2, 0.25) is 0 Å². The minimum Gasteiger partial charge on any atom is -0.493 e. The largest absolute Gasteiger partial charge is 0.493 e. The Morgan fingerprint density at radius 1 is 1.10 bits per heavy atom. The van der Waals surface area contributed by atoms with Gasteiger partial charge in [0.1, 0.15) is 11.6 Å². The van der Waals surface area contributed by atoms with Gasteiger partial charge in [-0.25, -0.2) is 8.78 Å². The Kier molecular flexibility index (Phi) is 4.87. The van der Waals surface area contributed by atoms with Gasteiger partial charge in [-0.1, -0.05) is 5.16 Å². The zero-order valence-electron chi connectivity index (χ0n) is 15.7. The van der Waals surface area contributed by atoms with E-state index in [1.165, 1.54) is 19.1 Å². The van der Waals surface area contributed by atoms with Gasteiger partial charge < -0.3 is 18.9 Å². The van der Waals surface area contributed by atoms with Crippen molar-refractivity contribution < 1.29 is 27.6 Å². The maximum atomic E-state index is 14.0. The van der Waals surface area contributed by atoms with Crippen molar-refractivity contribution in [1.82, 2.24) is 10.1 Å². The summed E-state index contributed by atoms with van der Waals surface area (Å²) in [5, 5.41) is 3.97. The molecule has 1 aromatic heterocycles. The maximum absolute atomic E-state index is 14.0. The molecule has 9 heteroatoms. The summed E-state index contributed by atoms with van der Waals surface area (Å²) in [6.07, 6.45) is 0.0590. The molecule has 2 aromatic carbocycles. The van der Waals surface area contributed by atoms with E-state index >= 15 is 0 Å². The highest BCUT2D eigenvalue weighted by molar-refractivity contribution is 5.96. The van der Waals surface area contributed by atoms with Crippen molar-refractivity contribution in [2.45, 2.75) is 12.3 Å². The molecular formula is C20H17F2N3O4. The van der Waals surface area contributed by atoms with Crippen molar-refractivity contribution in [3.05, 3.63) is 53.9 Å². The lowest BCUT2D eigenvalue weighted by Gasteiger charge is -2.16. The van der Waals surface area contributed by atoms with Gasteiger partial charge in [0.15, 0.2) is 11.5 Å². The molecule has 1 atom stereocenters. The van der Waals surface area contributed by atoms with Gasteiger partial charge in [0.2, 0.25) is 17.6 Å². The highest BCUT2D eigenvalue weighted by atomic mass is 19.1. The number of benzene rings is 2. The van der Waals surface area contributed by atoms with Gasteiger partial charge >= 0.3 is 0 Å². The molecule has 1 fully saturated rings. The standard InChI is InChI=1S/C20H17F2N3O4/c1-27-16-6-3-11(7-17(16)28-2)19-23-20(29-24-19)12-8-18(26)25(10-12)15-9-13(21)4-5-14(15)22/h3-7,9,12H,8,10H2,1-2H3. The van der Waals surface area contributed by atoms with Gasteiger partial charge in [-0.3, -0.25) is 4.79 Å². The first kappa shape index (κ1) is 18.9. The minimum absolute atomic E-state index is 0.0590. The van der Waals surface area contributed by atoms with Crippen molar-refractivity contribution in [2.75, 3.05) is 25.7 Å². The first-order valence-electron chi connectivity index (χ1n) is 8.81. The lowest BCUT2D eigenvalue weighted by molar-refractivity contribution is -0.117. The summed E-state index contributed by atoms with van der Waals surface area (Å²) >= 11 is 0. The molecule has 0 radical (unpaired) electrons. The van der Waals surface area contributed by atoms with E-state index < -0.39 is 17.6 Å². The van der Waals surface area contributed by atoms with Crippen LogP contribution in [0.5, 0.6) is 11.5 Å². The van der Waals surface area contributed by atoms with Crippen molar-refractivity contribution in [3.63, 3.8) is 0 Å². The lowest BCUT2D eigenvalue weighted by Crippen LogP contribution is -2.25. The summed E-state index contributed by atoms with van der Waals surface area (Å²) in [6.45, 7) is 0.118. The van der Waals surface area contributed by atoms with Gasteiger partial charge in [0, 0.05) is 24.6 Å². The third-order valence-electron chi connectivity index (χ3n) is 4.76. The Labute approximate surface area is 164 Å². The smallest absolute Gasteiger partial charge is 0.232 e. The monoisotopic (exact) mass is 401 g/mol. The molecule has 1 saturated heterocycles. The Bertz CT molecular complexity index is 1070. The van der Waals surface area contributed by atoms with Crippen LogP contribution in [0.15, 0.2) is 40.9 Å². The number of rotatable bonds is 5. The SMILES string of the molecule is COc1ccc(-c2noc(C3CC(=O)N(c4cc(F)ccc4F)C3)n2)cc1OC. The molecule has 0 bridgehead atoms. The second-order valence-corrected chi connectivity index (χ2v) is 6.53. The second kappa shape index (κ2) is 7.50. The van der Waals surface area contributed by atoms with Gasteiger partial charge in [-0.05, 0) is 30.3 Å². The van der Waals surface area contributed by atoms with E-state index in [-0.39, 0.29) is 30.5 Å². The van der Waals surface area contributed by atoms with Gasteiger partial charge in [0.25, 0.3) is 0 Å². The van der Waals surface area contributed by atoms with Crippen LogP contribution in [0.4, 0.5) is 14.5 Å². The van der Waals surface area contributed by atoms with Crippen LogP contribution in [0.3, 0.4) is 0 Å². The fourth-order valence-electron chi connectivity index (χ4n) is 3.29. The van der Waals surface area contributed by atoms with Crippen molar-refractivity contribution in [3.8, 4) is 22.9 Å². The van der Waals surface area contributed by atoms with E-state index in [1.54, 1.807) is 18.2 Å². The summed E-state index contributed by atoms with van der Waals surface area (Å²) in [6, 6.07) is 8.18. The topological polar surface area (TPSA) is 77.7 Å². The summed E-state index contributed by atoms with van der Waals surface area (Å²) in [4.78, 5) is 17.9. The highest BCUT2D eigenvalue weighted by Gasteiger charge is 2.36. The number of halogens is 2. The average Bonchev–Trinajstić information content (AvgIpc) is 3.36. The Morgan fingerprint density at radius 3 is 2.66 bits per heavy atom. The zero-order chi connectivity index (χ0) is 20.5. The molecule has 3 aromatic rings. The second-order valence-electron chi connectivity index (χ2n) is 6.53. The first-order valence-corrected chi connectivity index (χ1v) is 8.81. The average molecular weight is 401 g/mol. The lowest BCUT2D eigenvalue weighted by atomic mass is 10.1. The van der Waals surface area contributed by atoms with E-state index in [9.17, 15) is 13.6 Å². The van der Waals surface area contributed by atoms with Crippen LogP contribution in [-0.4, -0.2) is 36.8 Å². The van der Waals surface area contributed by atoms with E-state index in [0.29, 0.717) is 22.9 Å². The Balaban J connectivity index is 1.58. The van der Waals surface area contributed by atoms with Crippen LogP contribution >= 0.6 is 0 Å². The quantitative estimate of drug-likeness (QED) is 0.651. The van der Waals surface area contributed by atoms with E-state index in [0.717, 1.165) is 18.2 Å². The van der Waals surface area contributed by atoms with Crippen molar-refractivity contribution in [1.29, 1.82) is 0 Å². The van der Waals surface area contributed by atoms with Crippen LogP contribution in [-0.2, 0) is 4.79 Å². The molecule has 1 amide bonds. The number of carbonyl (C=O) groups is 1. The van der Waals surface area contributed by atoms with Gasteiger partial charge in [-0.2, -0.15) is 4.98 Å². The third kappa shape index (κ3) is 3.51. The first-order chi connectivity index (χ1) is 14.0. The van der Waals surface area contributed by atoms with E-state index in [2.05, 4.69) is 10.1 Å². The number of hydrogen-bond donors (Lipinski definition) is 0. The molecule has 1 aliphatic heterocycles. The van der Waals surface area contributed by atoms with E-state index in [1.807, 2.05) is 0 Å². The Hall–Kier alpha value is -3.49. The summed E-state index contributed by atoms with van der Waals surface area (Å²) < 4.78 is 43.4. The molecule has 1 aliphatic rings. The molecule has 0 aliphatic carbocycles. The molecule has 4 rings (SSSR count). The Morgan fingerprint density at radius 2 is 1.90 bits per heavy atom. The van der Waals surface area contributed by atoms with Gasteiger partial charge in [-0.15, -0.1) is 0 Å². The highest BCUT2D eigenvalue weighted by Crippen LogP contribution is 2.35. The fraction of sp³-hybridized carbons (Fsp3) is 0.250. The normalized spacial score (nSPS) is 16.3. The zero-order valence-corrected chi connectivity index (χ0v) is 15.7. The number of hydrogen-bond acceptors (Lipinski definition) is 6. The number of carbonyl (C=O) groups excluding carboxylic acids is 1. The predicted octanol–water partition coefficient (Wildman–Crippen LogP) is 3.55. The molecular weight excluding hydrogens is 384 g/mol. The molecule has 7 nitrogen and oxygen atoms in total. The maximum Gasteiger partial charge on any atom is 0.232 e.